The molecule has 0 bridgehead atoms. The van der Waals surface area contributed by atoms with E-state index in [0.29, 0.717) is 17.1 Å². The summed E-state index contributed by atoms with van der Waals surface area (Å²) in [5.74, 6) is 0.995. The van der Waals surface area contributed by atoms with Gasteiger partial charge in [0, 0.05) is 38.3 Å². The van der Waals surface area contributed by atoms with Gasteiger partial charge in [0.1, 0.15) is 12.4 Å². The summed E-state index contributed by atoms with van der Waals surface area (Å²) in [6.07, 6.45) is 0. The van der Waals surface area contributed by atoms with Crippen LogP contribution in [0.3, 0.4) is 0 Å². The molecule has 0 radical (unpaired) electrons. The van der Waals surface area contributed by atoms with E-state index in [4.69, 9.17) is 14.2 Å². The first-order valence-corrected chi connectivity index (χ1v) is 9.30. The third-order valence-corrected chi connectivity index (χ3v) is 4.61. The average Bonchev–Trinajstić information content (AvgIpc) is 2.72. The Morgan fingerprint density at radius 2 is 1.93 bits per heavy atom. The molecule has 0 aromatic heterocycles. The minimum Gasteiger partial charge on any atom is -0.493 e. The Morgan fingerprint density at radius 1 is 1.11 bits per heavy atom. The van der Waals surface area contributed by atoms with E-state index in [1.54, 1.807) is 25.3 Å². The van der Waals surface area contributed by atoms with Crippen LogP contribution in [0, 0.1) is 5.82 Å². The number of methoxy groups -OCH3 is 1. The molecule has 2 aromatic rings. The number of morpholine rings is 1. The summed E-state index contributed by atoms with van der Waals surface area (Å²) < 4.78 is 30.3. The molecule has 146 valence electrons. The zero-order chi connectivity index (χ0) is 18.9. The van der Waals surface area contributed by atoms with Crippen LogP contribution in [0.15, 0.2) is 42.5 Å². The van der Waals surface area contributed by atoms with Crippen LogP contribution in [0.25, 0.3) is 0 Å². The molecule has 0 aliphatic carbocycles. The van der Waals surface area contributed by atoms with Crippen molar-refractivity contribution in [2.75, 3.05) is 46.5 Å². The summed E-state index contributed by atoms with van der Waals surface area (Å²) >= 11 is 0. The summed E-state index contributed by atoms with van der Waals surface area (Å²) in [6, 6.07) is 12.4. The van der Waals surface area contributed by atoms with Gasteiger partial charge in [-0.1, -0.05) is 24.3 Å². The first-order valence-electron chi connectivity index (χ1n) is 9.30. The van der Waals surface area contributed by atoms with Crippen LogP contribution < -0.4 is 14.8 Å². The standard InChI is InChI=1S/C21H27FN2O3/c1-25-21-14-17(15-23-8-9-24-10-12-26-13-11-24)6-7-20(21)27-16-18-4-2-3-5-19(18)22/h2-7,14,23H,8-13,15-16H2,1H3. The lowest BCUT2D eigenvalue weighted by Gasteiger charge is -2.26. The van der Waals surface area contributed by atoms with Crippen molar-refractivity contribution in [3.05, 3.63) is 59.4 Å². The SMILES string of the molecule is COc1cc(CNCCN2CCOCC2)ccc1OCc1ccccc1F. The van der Waals surface area contributed by atoms with Gasteiger partial charge in [0.15, 0.2) is 11.5 Å². The Kier molecular flexibility index (Phi) is 7.45. The monoisotopic (exact) mass is 374 g/mol. The summed E-state index contributed by atoms with van der Waals surface area (Å²) in [6.45, 7) is 6.52. The third-order valence-electron chi connectivity index (χ3n) is 4.61. The molecule has 0 spiro atoms. The molecule has 1 N–H and O–H groups in total. The van der Waals surface area contributed by atoms with Gasteiger partial charge in [0.2, 0.25) is 0 Å². The van der Waals surface area contributed by atoms with Gasteiger partial charge >= 0.3 is 0 Å². The summed E-state index contributed by atoms with van der Waals surface area (Å²) in [5.41, 5.74) is 1.64. The second-order valence-corrected chi connectivity index (χ2v) is 6.50. The van der Waals surface area contributed by atoms with Gasteiger partial charge in [-0.25, -0.2) is 4.39 Å². The molecule has 27 heavy (non-hydrogen) atoms. The van der Waals surface area contributed by atoms with Gasteiger partial charge in [0.05, 0.1) is 20.3 Å². The van der Waals surface area contributed by atoms with Crippen molar-refractivity contribution in [2.24, 2.45) is 0 Å². The van der Waals surface area contributed by atoms with Crippen molar-refractivity contribution in [1.29, 1.82) is 0 Å². The second kappa shape index (κ2) is 10.3. The lowest BCUT2D eigenvalue weighted by Crippen LogP contribution is -2.40. The minimum atomic E-state index is -0.266. The average molecular weight is 374 g/mol. The zero-order valence-electron chi connectivity index (χ0n) is 15.7. The van der Waals surface area contributed by atoms with Crippen LogP contribution in [0.4, 0.5) is 4.39 Å². The normalized spacial score (nSPS) is 14.9. The molecule has 1 saturated heterocycles. The van der Waals surface area contributed by atoms with Crippen LogP contribution in [-0.2, 0) is 17.9 Å². The van der Waals surface area contributed by atoms with E-state index in [0.717, 1.165) is 51.5 Å². The molecule has 6 heteroatoms. The number of hydrogen-bond acceptors (Lipinski definition) is 5. The van der Waals surface area contributed by atoms with Crippen LogP contribution in [0.2, 0.25) is 0 Å². The van der Waals surface area contributed by atoms with Crippen molar-refractivity contribution < 1.29 is 18.6 Å². The molecular formula is C21H27FN2O3. The van der Waals surface area contributed by atoms with Gasteiger partial charge in [0.25, 0.3) is 0 Å². The fraction of sp³-hybridized carbons (Fsp3) is 0.429. The van der Waals surface area contributed by atoms with E-state index in [9.17, 15) is 4.39 Å². The fourth-order valence-corrected chi connectivity index (χ4v) is 3.01. The van der Waals surface area contributed by atoms with E-state index in [1.807, 2.05) is 18.2 Å². The number of ether oxygens (including phenoxy) is 3. The third kappa shape index (κ3) is 5.92. The lowest BCUT2D eigenvalue weighted by atomic mass is 10.2. The minimum absolute atomic E-state index is 0.167. The maximum atomic E-state index is 13.7. The molecule has 1 heterocycles. The highest BCUT2D eigenvalue weighted by Gasteiger charge is 2.10. The largest absolute Gasteiger partial charge is 0.493 e. The Balaban J connectivity index is 1.48. The highest BCUT2D eigenvalue weighted by molar-refractivity contribution is 5.43. The van der Waals surface area contributed by atoms with Crippen molar-refractivity contribution in [2.45, 2.75) is 13.2 Å². The van der Waals surface area contributed by atoms with Crippen LogP contribution in [0.5, 0.6) is 11.5 Å². The Labute approximate surface area is 160 Å². The predicted octanol–water partition coefficient (Wildman–Crippen LogP) is 2.84. The molecule has 3 rings (SSSR count). The maximum Gasteiger partial charge on any atom is 0.161 e. The van der Waals surface area contributed by atoms with Crippen molar-refractivity contribution in [3.63, 3.8) is 0 Å². The van der Waals surface area contributed by atoms with Crippen molar-refractivity contribution in [1.82, 2.24) is 10.2 Å². The zero-order valence-corrected chi connectivity index (χ0v) is 15.7. The smallest absolute Gasteiger partial charge is 0.161 e. The van der Waals surface area contributed by atoms with E-state index >= 15 is 0 Å². The van der Waals surface area contributed by atoms with Crippen molar-refractivity contribution >= 4 is 0 Å². The highest BCUT2D eigenvalue weighted by atomic mass is 19.1. The first kappa shape index (κ1) is 19.6. The van der Waals surface area contributed by atoms with Crippen LogP contribution in [0.1, 0.15) is 11.1 Å². The van der Waals surface area contributed by atoms with Crippen LogP contribution in [-0.4, -0.2) is 51.4 Å². The summed E-state index contributed by atoms with van der Waals surface area (Å²) in [7, 11) is 1.61. The summed E-state index contributed by atoms with van der Waals surface area (Å²) in [4.78, 5) is 2.40. The van der Waals surface area contributed by atoms with Gasteiger partial charge < -0.3 is 19.5 Å². The predicted molar refractivity (Wildman–Crippen MR) is 103 cm³/mol. The molecule has 0 amide bonds. The van der Waals surface area contributed by atoms with Gasteiger partial charge in [-0.3, -0.25) is 4.90 Å². The molecule has 1 aliphatic heterocycles. The van der Waals surface area contributed by atoms with Gasteiger partial charge in [-0.2, -0.15) is 0 Å². The maximum absolute atomic E-state index is 13.7. The Bertz CT molecular complexity index is 720. The molecule has 0 unspecified atom stereocenters. The quantitative estimate of drug-likeness (QED) is 0.684. The second-order valence-electron chi connectivity index (χ2n) is 6.50. The lowest BCUT2D eigenvalue weighted by molar-refractivity contribution is 0.0384. The molecule has 5 nitrogen and oxygen atoms in total. The topological polar surface area (TPSA) is 43.0 Å². The number of rotatable bonds is 9. The first-order chi connectivity index (χ1) is 13.3. The van der Waals surface area contributed by atoms with E-state index in [1.165, 1.54) is 6.07 Å². The number of nitrogens with zero attached hydrogens (tertiary/aromatic N) is 1. The number of hydrogen-bond donors (Lipinski definition) is 1. The van der Waals surface area contributed by atoms with Crippen molar-refractivity contribution in [3.8, 4) is 11.5 Å². The Hall–Kier alpha value is -2.15. The molecule has 2 aromatic carbocycles. The number of halogens is 1. The fourth-order valence-electron chi connectivity index (χ4n) is 3.01. The summed E-state index contributed by atoms with van der Waals surface area (Å²) in [5, 5.41) is 3.46. The number of benzene rings is 2. The molecule has 0 atom stereocenters. The molecule has 1 aliphatic rings. The molecular weight excluding hydrogens is 347 g/mol. The molecule has 0 saturated carbocycles. The van der Waals surface area contributed by atoms with Gasteiger partial charge in [-0.15, -0.1) is 0 Å². The number of nitrogens with one attached hydrogen (secondary N) is 1. The molecule has 1 fully saturated rings. The van der Waals surface area contributed by atoms with E-state index in [-0.39, 0.29) is 12.4 Å². The van der Waals surface area contributed by atoms with E-state index < -0.39 is 0 Å². The van der Waals surface area contributed by atoms with Gasteiger partial charge in [-0.05, 0) is 23.8 Å². The highest BCUT2D eigenvalue weighted by Crippen LogP contribution is 2.29. The van der Waals surface area contributed by atoms with E-state index in [2.05, 4.69) is 10.2 Å². The Morgan fingerprint density at radius 3 is 2.70 bits per heavy atom. The van der Waals surface area contributed by atoms with Crippen LogP contribution >= 0.6 is 0 Å².